The van der Waals surface area contributed by atoms with Crippen molar-refractivity contribution in [1.29, 1.82) is 0 Å². The molecular formula is C18H22N4O3. The van der Waals surface area contributed by atoms with Gasteiger partial charge in [-0.15, -0.1) is 0 Å². The van der Waals surface area contributed by atoms with Crippen molar-refractivity contribution in [3.8, 4) is 5.75 Å². The second-order valence-corrected chi connectivity index (χ2v) is 6.18. The maximum atomic E-state index is 12.5. The number of imidazole rings is 1. The molecule has 0 saturated heterocycles. The second kappa shape index (κ2) is 6.96. The first-order valence-corrected chi connectivity index (χ1v) is 8.23. The van der Waals surface area contributed by atoms with Crippen LogP contribution in [0, 0.1) is 0 Å². The van der Waals surface area contributed by atoms with Crippen LogP contribution in [-0.2, 0) is 11.3 Å². The van der Waals surface area contributed by atoms with Crippen LogP contribution >= 0.6 is 0 Å². The van der Waals surface area contributed by atoms with Crippen molar-refractivity contribution < 1.29 is 13.9 Å². The van der Waals surface area contributed by atoms with Crippen molar-refractivity contribution in [2.75, 3.05) is 7.11 Å². The van der Waals surface area contributed by atoms with Crippen molar-refractivity contribution >= 4 is 17.0 Å². The fourth-order valence-electron chi connectivity index (χ4n) is 2.69. The smallest absolute Gasteiger partial charge is 0.243 e. The first kappa shape index (κ1) is 17.0. The molecule has 1 amide bonds. The molecule has 7 nitrogen and oxygen atoms in total. The summed E-state index contributed by atoms with van der Waals surface area (Å²) in [6.07, 6.45) is 3.54. The minimum Gasteiger partial charge on any atom is -0.497 e. The van der Waals surface area contributed by atoms with Gasteiger partial charge in [0.15, 0.2) is 5.58 Å². The van der Waals surface area contributed by atoms with Crippen LogP contribution in [0.1, 0.15) is 44.4 Å². The monoisotopic (exact) mass is 342 g/mol. The molecule has 1 atom stereocenters. The van der Waals surface area contributed by atoms with E-state index in [4.69, 9.17) is 9.15 Å². The number of fused-ring (bicyclic) bond motifs is 1. The van der Waals surface area contributed by atoms with E-state index in [2.05, 4.69) is 29.1 Å². The Morgan fingerprint density at radius 2 is 2.16 bits per heavy atom. The zero-order valence-corrected chi connectivity index (χ0v) is 14.8. The molecule has 1 N–H and O–H groups in total. The average Bonchev–Trinajstić information content (AvgIpc) is 3.24. The van der Waals surface area contributed by atoms with E-state index in [1.807, 2.05) is 23.8 Å². The third-order valence-corrected chi connectivity index (χ3v) is 4.06. The van der Waals surface area contributed by atoms with Gasteiger partial charge in [-0.2, -0.15) is 0 Å². The number of benzene rings is 1. The van der Waals surface area contributed by atoms with E-state index in [0.717, 1.165) is 5.82 Å². The molecule has 0 radical (unpaired) electrons. The van der Waals surface area contributed by atoms with E-state index in [9.17, 15) is 4.79 Å². The van der Waals surface area contributed by atoms with Crippen LogP contribution in [0.3, 0.4) is 0 Å². The lowest BCUT2D eigenvalue weighted by Gasteiger charge is -2.17. The fourth-order valence-corrected chi connectivity index (χ4v) is 2.69. The summed E-state index contributed by atoms with van der Waals surface area (Å²) in [6, 6.07) is 5.05. The number of nitrogens with zero attached hydrogens (tertiary/aromatic N) is 3. The van der Waals surface area contributed by atoms with E-state index in [1.165, 1.54) is 0 Å². The van der Waals surface area contributed by atoms with E-state index in [1.54, 1.807) is 25.4 Å². The summed E-state index contributed by atoms with van der Waals surface area (Å²) in [5.41, 5.74) is 1.36. The molecule has 7 heteroatoms. The molecule has 25 heavy (non-hydrogen) atoms. The van der Waals surface area contributed by atoms with Gasteiger partial charge in [-0.3, -0.25) is 4.79 Å². The van der Waals surface area contributed by atoms with Gasteiger partial charge in [0.05, 0.1) is 13.7 Å². The van der Waals surface area contributed by atoms with Crippen LogP contribution in [0.4, 0.5) is 0 Å². The Bertz CT molecular complexity index is 881. The summed E-state index contributed by atoms with van der Waals surface area (Å²) in [5, 5.41) is 2.87. The Morgan fingerprint density at radius 3 is 2.88 bits per heavy atom. The number of ether oxygens (including phenoxy) is 1. The van der Waals surface area contributed by atoms with Crippen LogP contribution in [0.5, 0.6) is 5.75 Å². The SMILES string of the molecule is COc1ccc2oc(CNC(=O)[C@H](C)n3ccnc3C(C)C)nc2c1. The average molecular weight is 342 g/mol. The molecule has 0 spiro atoms. The molecule has 132 valence electrons. The van der Waals surface area contributed by atoms with Crippen molar-refractivity contribution in [1.82, 2.24) is 19.9 Å². The molecule has 3 rings (SSSR count). The number of nitrogens with one attached hydrogen (secondary N) is 1. The lowest BCUT2D eigenvalue weighted by Crippen LogP contribution is -2.31. The summed E-state index contributed by atoms with van der Waals surface area (Å²) < 4.78 is 12.7. The van der Waals surface area contributed by atoms with Gasteiger partial charge in [0.2, 0.25) is 11.8 Å². The van der Waals surface area contributed by atoms with Gasteiger partial charge in [-0.05, 0) is 19.1 Å². The molecule has 0 saturated carbocycles. The van der Waals surface area contributed by atoms with Crippen LogP contribution in [0.25, 0.3) is 11.1 Å². The molecule has 0 aliphatic heterocycles. The molecule has 0 aliphatic rings. The maximum absolute atomic E-state index is 12.5. The molecule has 0 fully saturated rings. The van der Waals surface area contributed by atoms with Gasteiger partial charge in [0, 0.05) is 24.4 Å². The van der Waals surface area contributed by atoms with Gasteiger partial charge >= 0.3 is 0 Å². The third kappa shape index (κ3) is 3.50. The lowest BCUT2D eigenvalue weighted by molar-refractivity contribution is -0.124. The Morgan fingerprint density at radius 1 is 1.36 bits per heavy atom. The van der Waals surface area contributed by atoms with Crippen LogP contribution < -0.4 is 10.1 Å². The first-order valence-electron chi connectivity index (χ1n) is 8.23. The van der Waals surface area contributed by atoms with E-state index in [0.29, 0.717) is 22.7 Å². The minimum atomic E-state index is -0.357. The molecule has 2 aromatic heterocycles. The summed E-state index contributed by atoms with van der Waals surface area (Å²) >= 11 is 0. The Kier molecular flexibility index (Phi) is 4.74. The number of carbonyl (C=O) groups is 1. The van der Waals surface area contributed by atoms with Crippen LogP contribution in [-0.4, -0.2) is 27.6 Å². The highest BCUT2D eigenvalue weighted by Gasteiger charge is 2.19. The quantitative estimate of drug-likeness (QED) is 0.744. The highest BCUT2D eigenvalue weighted by atomic mass is 16.5. The maximum Gasteiger partial charge on any atom is 0.243 e. The number of hydrogen-bond donors (Lipinski definition) is 1. The zero-order valence-electron chi connectivity index (χ0n) is 14.8. The van der Waals surface area contributed by atoms with Gasteiger partial charge in [-0.25, -0.2) is 9.97 Å². The molecule has 1 aromatic carbocycles. The van der Waals surface area contributed by atoms with Crippen LogP contribution in [0.2, 0.25) is 0 Å². The van der Waals surface area contributed by atoms with Gasteiger partial charge < -0.3 is 19.0 Å². The third-order valence-electron chi connectivity index (χ3n) is 4.06. The molecule has 2 heterocycles. The largest absolute Gasteiger partial charge is 0.497 e. The molecular weight excluding hydrogens is 320 g/mol. The Balaban J connectivity index is 1.68. The number of methoxy groups -OCH3 is 1. The topological polar surface area (TPSA) is 82.2 Å². The predicted molar refractivity (Wildman–Crippen MR) is 93.4 cm³/mol. The summed E-state index contributed by atoms with van der Waals surface area (Å²) in [7, 11) is 1.60. The van der Waals surface area contributed by atoms with Crippen LogP contribution in [0.15, 0.2) is 35.0 Å². The Labute approximate surface area is 146 Å². The number of hydrogen-bond acceptors (Lipinski definition) is 5. The van der Waals surface area contributed by atoms with Crippen molar-refractivity contribution in [2.45, 2.75) is 39.3 Å². The summed E-state index contributed by atoms with van der Waals surface area (Å²) in [5.74, 6) is 2.19. The van der Waals surface area contributed by atoms with E-state index >= 15 is 0 Å². The van der Waals surface area contributed by atoms with E-state index < -0.39 is 0 Å². The molecule has 0 unspecified atom stereocenters. The number of oxazole rings is 1. The minimum absolute atomic E-state index is 0.111. The number of aromatic nitrogens is 3. The summed E-state index contributed by atoms with van der Waals surface area (Å²) in [6.45, 7) is 6.18. The molecule has 0 aliphatic carbocycles. The zero-order chi connectivity index (χ0) is 18.0. The second-order valence-electron chi connectivity index (χ2n) is 6.18. The van der Waals surface area contributed by atoms with Gasteiger partial charge in [-0.1, -0.05) is 13.8 Å². The Hall–Kier alpha value is -2.83. The lowest BCUT2D eigenvalue weighted by atomic mass is 10.2. The number of amides is 1. The predicted octanol–water partition coefficient (Wildman–Crippen LogP) is 3.03. The van der Waals surface area contributed by atoms with Gasteiger partial charge in [0.1, 0.15) is 23.1 Å². The number of rotatable bonds is 6. The van der Waals surface area contributed by atoms with Gasteiger partial charge in [0.25, 0.3) is 0 Å². The first-order chi connectivity index (χ1) is 12.0. The summed E-state index contributed by atoms with van der Waals surface area (Å²) in [4.78, 5) is 21.2. The fraction of sp³-hybridized carbons (Fsp3) is 0.389. The molecule has 3 aromatic rings. The normalized spacial score (nSPS) is 12.5. The van der Waals surface area contributed by atoms with Crippen molar-refractivity contribution in [2.24, 2.45) is 0 Å². The standard InChI is InChI=1S/C18H22N4O3/c1-11(2)17-19-7-8-22(17)12(3)18(23)20-10-16-21-14-9-13(24-4)5-6-15(14)25-16/h5-9,11-12H,10H2,1-4H3,(H,20,23)/t12-/m0/s1. The highest BCUT2D eigenvalue weighted by molar-refractivity contribution is 5.80. The highest BCUT2D eigenvalue weighted by Crippen LogP contribution is 2.21. The molecule has 0 bridgehead atoms. The van der Waals surface area contributed by atoms with Crippen molar-refractivity contribution in [3.05, 3.63) is 42.3 Å². The van der Waals surface area contributed by atoms with E-state index in [-0.39, 0.29) is 24.4 Å². The van der Waals surface area contributed by atoms with Crippen molar-refractivity contribution in [3.63, 3.8) is 0 Å². The number of carbonyl (C=O) groups excluding carboxylic acids is 1.